The molecular formula is C17H39N. The smallest absolute Gasteiger partial charge is 0.00897 e. The molecule has 0 aromatic heterocycles. The molecule has 0 aliphatic rings. The average Bonchev–Trinajstić information content (AvgIpc) is 2.31. The van der Waals surface area contributed by atoms with Gasteiger partial charge in [0.05, 0.1) is 0 Å². The molecule has 0 radical (unpaired) electrons. The summed E-state index contributed by atoms with van der Waals surface area (Å²) in [6.45, 7) is 20.8. The van der Waals surface area contributed by atoms with Crippen molar-refractivity contribution in [1.29, 1.82) is 0 Å². The van der Waals surface area contributed by atoms with Crippen LogP contribution in [0.25, 0.3) is 0 Å². The summed E-state index contributed by atoms with van der Waals surface area (Å²) < 4.78 is 0. The zero-order chi connectivity index (χ0) is 15.2. The van der Waals surface area contributed by atoms with E-state index in [4.69, 9.17) is 0 Å². The Labute approximate surface area is 117 Å². The van der Waals surface area contributed by atoms with Gasteiger partial charge in [0.1, 0.15) is 0 Å². The van der Waals surface area contributed by atoms with Gasteiger partial charge in [0, 0.05) is 6.04 Å². The first-order valence-electron chi connectivity index (χ1n) is 7.56. The Balaban J connectivity index is -0.000000389. The molecule has 0 rings (SSSR count). The maximum atomic E-state index is 3.43. The lowest BCUT2D eigenvalue weighted by molar-refractivity contribution is 0.292. The van der Waals surface area contributed by atoms with E-state index in [2.05, 4.69) is 53.6 Å². The highest BCUT2D eigenvalue weighted by Gasteiger charge is 2.17. The molecule has 0 aliphatic heterocycles. The minimum Gasteiger partial charge on any atom is -0.317 e. The number of hydrogen-bond donors (Lipinski definition) is 1. The molecule has 0 fully saturated rings. The van der Waals surface area contributed by atoms with Crippen LogP contribution in [0.5, 0.6) is 0 Å². The molecule has 1 N–H and O–H groups in total. The third-order valence-electron chi connectivity index (χ3n) is 2.91. The molecule has 0 heterocycles. The molecule has 0 saturated carbocycles. The van der Waals surface area contributed by atoms with Crippen molar-refractivity contribution in [2.45, 2.75) is 80.7 Å². The molecule has 1 heteroatoms. The van der Waals surface area contributed by atoms with E-state index in [0.29, 0.717) is 11.5 Å². The largest absolute Gasteiger partial charge is 0.317 e. The van der Waals surface area contributed by atoms with Gasteiger partial charge in [0.25, 0.3) is 0 Å². The predicted octanol–water partition coefficient (Wildman–Crippen LogP) is 5.67. The van der Waals surface area contributed by atoms with Crippen molar-refractivity contribution < 1.29 is 0 Å². The minimum absolute atomic E-state index is 0.475. The van der Waals surface area contributed by atoms with Crippen LogP contribution >= 0.6 is 0 Å². The van der Waals surface area contributed by atoms with E-state index in [1.165, 1.54) is 19.3 Å². The second-order valence-corrected chi connectivity index (χ2v) is 5.79. The molecule has 0 aliphatic carbocycles. The first-order valence-corrected chi connectivity index (χ1v) is 7.56. The fourth-order valence-corrected chi connectivity index (χ4v) is 1.59. The van der Waals surface area contributed by atoms with Gasteiger partial charge < -0.3 is 5.32 Å². The maximum Gasteiger partial charge on any atom is 0.00897 e. The summed E-state index contributed by atoms with van der Waals surface area (Å²) in [6, 6.07) is 0.698. The molecule has 1 nitrogen and oxygen atoms in total. The van der Waals surface area contributed by atoms with Crippen LogP contribution in [0.15, 0.2) is 12.7 Å². The Morgan fingerprint density at radius 3 is 1.83 bits per heavy atom. The second-order valence-electron chi connectivity index (χ2n) is 5.79. The molecule has 0 aromatic rings. The van der Waals surface area contributed by atoms with Crippen LogP contribution in [-0.4, -0.2) is 13.1 Å². The van der Waals surface area contributed by atoms with E-state index in [0.717, 1.165) is 5.92 Å². The Kier molecular flexibility index (Phi) is 18.7. The third kappa shape index (κ3) is 18.1. The summed E-state index contributed by atoms with van der Waals surface area (Å²) in [7, 11) is 2.08. The molecule has 18 heavy (non-hydrogen) atoms. The molecule has 0 saturated heterocycles. The molecule has 0 aromatic carbocycles. The monoisotopic (exact) mass is 257 g/mol. The number of rotatable bonds is 5. The van der Waals surface area contributed by atoms with Gasteiger partial charge in [0.2, 0.25) is 0 Å². The van der Waals surface area contributed by atoms with Gasteiger partial charge in [-0.05, 0) is 38.1 Å². The highest BCUT2D eigenvalue weighted by molar-refractivity contribution is 4.74. The predicted molar refractivity (Wildman–Crippen MR) is 88.2 cm³/mol. The van der Waals surface area contributed by atoms with E-state index >= 15 is 0 Å². The van der Waals surface area contributed by atoms with E-state index in [-0.39, 0.29) is 0 Å². The summed E-state index contributed by atoms with van der Waals surface area (Å²) >= 11 is 0. The normalized spacial score (nSPS) is 13.4. The van der Waals surface area contributed by atoms with Crippen LogP contribution in [0.3, 0.4) is 0 Å². The van der Waals surface area contributed by atoms with Gasteiger partial charge in [0.15, 0.2) is 0 Å². The molecule has 2 atom stereocenters. The Hall–Kier alpha value is -0.300. The van der Waals surface area contributed by atoms with Crippen molar-refractivity contribution in [3.05, 3.63) is 12.7 Å². The van der Waals surface area contributed by atoms with Gasteiger partial charge >= 0.3 is 0 Å². The van der Waals surface area contributed by atoms with Crippen molar-refractivity contribution in [3.63, 3.8) is 0 Å². The van der Waals surface area contributed by atoms with E-state index in [9.17, 15) is 0 Å². The summed E-state index contributed by atoms with van der Waals surface area (Å²) in [5, 5.41) is 3.43. The summed E-state index contributed by atoms with van der Waals surface area (Å²) in [5.41, 5.74) is 0.475. The molecular weight excluding hydrogens is 218 g/mol. The Morgan fingerprint density at radius 2 is 1.61 bits per heavy atom. The molecule has 0 bridgehead atoms. The van der Waals surface area contributed by atoms with Crippen LogP contribution in [0.2, 0.25) is 0 Å². The molecule has 0 amide bonds. The van der Waals surface area contributed by atoms with Crippen molar-refractivity contribution in [1.82, 2.24) is 5.32 Å². The molecule has 2 unspecified atom stereocenters. The fourth-order valence-electron chi connectivity index (χ4n) is 1.59. The highest BCUT2D eigenvalue weighted by Crippen LogP contribution is 2.24. The summed E-state index contributed by atoms with van der Waals surface area (Å²) in [6.07, 6.45) is 5.63. The van der Waals surface area contributed by atoms with Crippen LogP contribution < -0.4 is 5.32 Å². The van der Waals surface area contributed by atoms with Gasteiger partial charge in [-0.15, -0.1) is 6.58 Å². The van der Waals surface area contributed by atoms with E-state index in [1.807, 2.05) is 20.8 Å². The zero-order valence-electron chi connectivity index (χ0n) is 14.6. The molecule has 112 valence electrons. The number of hydrogen-bond acceptors (Lipinski definition) is 1. The van der Waals surface area contributed by atoms with Gasteiger partial charge in [-0.2, -0.15) is 0 Å². The van der Waals surface area contributed by atoms with Crippen LogP contribution in [0, 0.1) is 11.3 Å². The van der Waals surface area contributed by atoms with Crippen molar-refractivity contribution in [2.75, 3.05) is 7.05 Å². The average molecular weight is 258 g/mol. The fraction of sp³-hybridized carbons (Fsp3) is 0.882. The maximum absolute atomic E-state index is 3.43. The van der Waals surface area contributed by atoms with Gasteiger partial charge in [-0.1, -0.05) is 61.0 Å². The molecule has 0 spiro atoms. The first-order chi connectivity index (χ1) is 8.32. The van der Waals surface area contributed by atoms with Gasteiger partial charge in [-0.25, -0.2) is 0 Å². The van der Waals surface area contributed by atoms with Crippen LogP contribution in [0.4, 0.5) is 0 Å². The Bertz CT molecular complexity index is 155. The second kappa shape index (κ2) is 14.8. The summed E-state index contributed by atoms with van der Waals surface area (Å²) in [4.78, 5) is 0. The topological polar surface area (TPSA) is 12.0 Å². The SMILES string of the molecule is C=CC.CC.CCC(C)C(CCC(C)(C)C)NC. The summed E-state index contributed by atoms with van der Waals surface area (Å²) in [5.74, 6) is 0.798. The number of nitrogens with one attached hydrogen (secondary N) is 1. The van der Waals surface area contributed by atoms with Crippen molar-refractivity contribution >= 4 is 0 Å². The minimum atomic E-state index is 0.475. The van der Waals surface area contributed by atoms with Crippen molar-refractivity contribution in [3.8, 4) is 0 Å². The third-order valence-corrected chi connectivity index (χ3v) is 2.91. The standard InChI is InChI=1S/C12H27N.C3H6.C2H6/c1-7-10(2)11(13-6)8-9-12(3,4)5;1-3-2;1-2/h10-11,13H,7-9H2,1-6H3;3H,1H2,2H3;1-2H3. The first kappa shape index (κ1) is 22.8. The van der Waals surface area contributed by atoms with Gasteiger partial charge in [-0.3, -0.25) is 0 Å². The number of allylic oxidation sites excluding steroid dienone is 1. The highest BCUT2D eigenvalue weighted by atomic mass is 14.9. The Morgan fingerprint density at radius 1 is 1.22 bits per heavy atom. The van der Waals surface area contributed by atoms with Crippen LogP contribution in [0.1, 0.15) is 74.7 Å². The van der Waals surface area contributed by atoms with Crippen molar-refractivity contribution in [2.24, 2.45) is 11.3 Å². The lowest BCUT2D eigenvalue weighted by atomic mass is 9.85. The van der Waals surface area contributed by atoms with E-state index < -0.39 is 0 Å². The van der Waals surface area contributed by atoms with Crippen LogP contribution in [-0.2, 0) is 0 Å². The van der Waals surface area contributed by atoms with E-state index in [1.54, 1.807) is 6.08 Å². The zero-order valence-corrected chi connectivity index (χ0v) is 14.6. The quantitative estimate of drug-likeness (QED) is 0.626. The lowest BCUT2D eigenvalue weighted by Gasteiger charge is -2.26. The lowest BCUT2D eigenvalue weighted by Crippen LogP contribution is -2.32.